The van der Waals surface area contributed by atoms with Crippen molar-refractivity contribution in [1.82, 2.24) is 19.5 Å². The van der Waals surface area contributed by atoms with Crippen LogP contribution in [0.3, 0.4) is 0 Å². The number of rotatable bonds is 5. The van der Waals surface area contributed by atoms with E-state index in [1.54, 1.807) is 0 Å². The van der Waals surface area contributed by atoms with Gasteiger partial charge < -0.3 is 13.4 Å². The fourth-order valence-corrected chi connectivity index (χ4v) is 7.85. The number of aromatic nitrogens is 4. The molecule has 9 heteroatoms. The highest BCUT2D eigenvalue weighted by Gasteiger charge is 2.52. The van der Waals surface area contributed by atoms with Crippen molar-refractivity contribution < 1.29 is 8.85 Å². The lowest BCUT2D eigenvalue weighted by molar-refractivity contribution is 0.0495. The Morgan fingerprint density at radius 3 is 2.11 bits per heavy atom. The number of halogens is 1. The summed E-state index contributed by atoms with van der Waals surface area (Å²) in [5.74, 6) is 0.242. The van der Waals surface area contributed by atoms with Crippen LogP contribution in [0.1, 0.15) is 66.8 Å². The van der Waals surface area contributed by atoms with Gasteiger partial charge in [0.15, 0.2) is 27.4 Å². The van der Waals surface area contributed by atoms with E-state index in [1.165, 1.54) is 11.9 Å². The molecule has 2 aromatic rings. The minimum Gasteiger partial charge on any atom is -0.413 e. The summed E-state index contributed by atoms with van der Waals surface area (Å²) in [6.45, 7) is 23.3. The van der Waals surface area contributed by atoms with Crippen LogP contribution in [-0.4, -0.2) is 48.4 Å². The van der Waals surface area contributed by atoms with Crippen LogP contribution < -0.4 is 0 Å². The molecule has 0 aromatic carbocycles. The Hall–Kier alpha value is -1.07. The largest absolute Gasteiger partial charge is 0.413 e. The molecule has 4 atom stereocenters. The topological polar surface area (TPSA) is 62.1 Å². The molecule has 0 saturated heterocycles. The van der Waals surface area contributed by atoms with Gasteiger partial charge in [0.1, 0.15) is 11.8 Å². The first kappa shape index (κ1) is 27.0. The van der Waals surface area contributed by atoms with Gasteiger partial charge in [-0.2, -0.15) is 0 Å². The summed E-state index contributed by atoms with van der Waals surface area (Å²) in [5.41, 5.74) is 2.86. The standard InChI is InChI=1S/C26H43ClN4O2Si2/c1-25(2,3)34(7,8)32-19-13-11-12-17-18(31-16-30-22-23(27)28-15-29-24(22)31)14-20(21(17)19)33-35(9,10)26(4,5)6/h12,15-16,18-21H,11,13-14H2,1-10H3/t18-,19?,20?,21+/m0/s1. The van der Waals surface area contributed by atoms with Gasteiger partial charge in [-0.1, -0.05) is 59.2 Å². The van der Waals surface area contributed by atoms with E-state index in [1.807, 2.05) is 6.33 Å². The van der Waals surface area contributed by atoms with Gasteiger partial charge in [0, 0.05) is 5.92 Å². The minimum absolute atomic E-state index is 0.108. The quantitative estimate of drug-likeness (QED) is 0.225. The molecule has 1 fully saturated rings. The smallest absolute Gasteiger partial charge is 0.192 e. The summed E-state index contributed by atoms with van der Waals surface area (Å²) in [6.07, 6.45) is 9.08. The van der Waals surface area contributed by atoms with Gasteiger partial charge >= 0.3 is 0 Å². The zero-order valence-corrected chi connectivity index (χ0v) is 25.9. The van der Waals surface area contributed by atoms with Gasteiger partial charge in [0.05, 0.1) is 24.6 Å². The van der Waals surface area contributed by atoms with Crippen molar-refractivity contribution in [1.29, 1.82) is 0 Å². The molecule has 2 unspecified atom stereocenters. The molecule has 2 aliphatic carbocycles. The number of fused-ring (bicyclic) bond motifs is 2. The summed E-state index contributed by atoms with van der Waals surface area (Å²) in [5, 5.41) is 0.701. The second-order valence-electron chi connectivity index (χ2n) is 13.4. The van der Waals surface area contributed by atoms with Crippen molar-refractivity contribution in [2.45, 2.75) is 115 Å². The summed E-state index contributed by atoms with van der Waals surface area (Å²) >= 11 is 6.34. The van der Waals surface area contributed by atoms with Gasteiger partial charge in [-0.3, -0.25) is 0 Å². The van der Waals surface area contributed by atoms with E-state index in [0.717, 1.165) is 24.9 Å². The van der Waals surface area contributed by atoms with Crippen molar-refractivity contribution in [2.75, 3.05) is 0 Å². The van der Waals surface area contributed by atoms with Crippen molar-refractivity contribution in [3.05, 3.63) is 29.5 Å². The molecule has 1 saturated carbocycles. The minimum atomic E-state index is -1.99. The van der Waals surface area contributed by atoms with Crippen molar-refractivity contribution in [3.63, 3.8) is 0 Å². The second kappa shape index (κ2) is 9.05. The zero-order chi connectivity index (χ0) is 26.0. The van der Waals surface area contributed by atoms with Gasteiger partial charge in [-0.25, -0.2) is 15.0 Å². The molecule has 4 rings (SSSR count). The Morgan fingerprint density at radius 1 is 0.914 bits per heavy atom. The zero-order valence-electron chi connectivity index (χ0n) is 23.1. The van der Waals surface area contributed by atoms with Gasteiger partial charge in [0.25, 0.3) is 0 Å². The summed E-state index contributed by atoms with van der Waals surface area (Å²) in [7, 11) is -3.94. The van der Waals surface area contributed by atoms with Crippen LogP contribution in [0.25, 0.3) is 11.2 Å². The lowest BCUT2D eigenvalue weighted by Gasteiger charge is -2.45. The number of hydrogen-bond donors (Lipinski definition) is 0. The molecule has 0 N–H and O–H groups in total. The summed E-state index contributed by atoms with van der Waals surface area (Å²) < 4.78 is 16.5. The van der Waals surface area contributed by atoms with Crippen LogP contribution in [0.5, 0.6) is 0 Å². The molecule has 35 heavy (non-hydrogen) atoms. The SMILES string of the molecule is CC(C)(C)[Si](C)(C)OC1CCC=C2[C@H]1C(O[Si](C)(C)C(C)(C)C)C[C@@H]2n1cnc2c(Cl)ncnc21. The van der Waals surface area contributed by atoms with Crippen LogP contribution in [0.2, 0.25) is 41.4 Å². The highest BCUT2D eigenvalue weighted by Crippen LogP contribution is 2.52. The Labute approximate surface area is 218 Å². The predicted octanol–water partition coefficient (Wildman–Crippen LogP) is 7.54. The Morgan fingerprint density at radius 2 is 1.51 bits per heavy atom. The molecule has 0 spiro atoms. The molecular weight excluding hydrogens is 492 g/mol. The van der Waals surface area contributed by atoms with Crippen LogP contribution in [0.15, 0.2) is 24.3 Å². The number of allylic oxidation sites excluding steroid dienone is 1. The van der Waals surface area contributed by atoms with E-state index in [2.05, 4.69) is 93.3 Å². The molecule has 2 aliphatic rings. The first-order chi connectivity index (χ1) is 16.0. The van der Waals surface area contributed by atoms with Crippen LogP contribution in [0.4, 0.5) is 0 Å². The normalized spacial score (nSPS) is 26.2. The fraction of sp³-hybridized carbons (Fsp3) is 0.731. The molecule has 194 valence electrons. The average molecular weight is 535 g/mol. The maximum absolute atomic E-state index is 7.17. The molecule has 0 amide bonds. The van der Waals surface area contributed by atoms with E-state index in [0.29, 0.717) is 10.7 Å². The van der Waals surface area contributed by atoms with E-state index in [4.69, 9.17) is 20.5 Å². The number of hydrogen-bond acceptors (Lipinski definition) is 5. The first-order valence-electron chi connectivity index (χ1n) is 12.9. The maximum atomic E-state index is 7.17. The highest BCUT2D eigenvalue weighted by molar-refractivity contribution is 6.74. The molecule has 2 aromatic heterocycles. The third-order valence-electron chi connectivity index (χ3n) is 9.01. The Bertz CT molecular complexity index is 1120. The summed E-state index contributed by atoms with van der Waals surface area (Å²) in [4.78, 5) is 13.3. The molecule has 0 bridgehead atoms. The van der Waals surface area contributed by atoms with Crippen molar-refractivity contribution in [3.8, 4) is 0 Å². The number of imidazole rings is 1. The molecular formula is C26H43ClN4O2Si2. The van der Waals surface area contributed by atoms with E-state index in [9.17, 15) is 0 Å². The Balaban J connectivity index is 1.76. The Kier molecular flexibility index (Phi) is 6.97. The average Bonchev–Trinajstić information content (AvgIpc) is 3.29. The van der Waals surface area contributed by atoms with Crippen LogP contribution in [-0.2, 0) is 8.85 Å². The molecule has 0 aliphatic heterocycles. The monoisotopic (exact) mass is 534 g/mol. The highest BCUT2D eigenvalue weighted by atomic mass is 35.5. The van der Waals surface area contributed by atoms with Gasteiger partial charge in [-0.05, 0) is 61.1 Å². The van der Waals surface area contributed by atoms with Crippen LogP contribution >= 0.6 is 11.6 Å². The van der Waals surface area contributed by atoms with Gasteiger partial charge in [-0.15, -0.1) is 0 Å². The van der Waals surface area contributed by atoms with E-state index < -0.39 is 16.6 Å². The van der Waals surface area contributed by atoms with Crippen molar-refractivity contribution in [2.24, 2.45) is 5.92 Å². The third-order valence-corrected chi connectivity index (χ3v) is 18.3. The lowest BCUT2D eigenvalue weighted by Crippen LogP contribution is -2.50. The maximum Gasteiger partial charge on any atom is 0.192 e. The van der Waals surface area contributed by atoms with E-state index >= 15 is 0 Å². The molecule has 6 nitrogen and oxygen atoms in total. The number of nitrogens with zero attached hydrogens (tertiary/aromatic N) is 4. The second-order valence-corrected chi connectivity index (χ2v) is 23.3. The molecule has 0 radical (unpaired) electrons. The predicted molar refractivity (Wildman–Crippen MR) is 149 cm³/mol. The third kappa shape index (κ3) is 4.93. The first-order valence-corrected chi connectivity index (χ1v) is 19.1. The van der Waals surface area contributed by atoms with E-state index in [-0.39, 0.29) is 34.2 Å². The fourth-order valence-electron chi connectivity index (χ4n) is 4.95. The van der Waals surface area contributed by atoms with Crippen molar-refractivity contribution >= 4 is 39.4 Å². The summed E-state index contributed by atoms with van der Waals surface area (Å²) in [6, 6.07) is 0.136. The molecule has 2 heterocycles. The van der Waals surface area contributed by atoms with Crippen LogP contribution in [0, 0.1) is 5.92 Å². The lowest BCUT2D eigenvalue weighted by atomic mass is 9.85. The van der Waals surface area contributed by atoms with Gasteiger partial charge in [0.2, 0.25) is 0 Å².